The minimum absolute atomic E-state index is 0.458. The molecular formula is C10H14BrN7. The highest BCUT2D eigenvalue weighted by atomic mass is 79.9. The number of hydrogen-bond acceptors (Lipinski definition) is 5. The highest BCUT2D eigenvalue weighted by molar-refractivity contribution is 9.10. The number of aliphatic imine (C=N–C) groups is 1. The summed E-state index contributed by atoms with van der Waals surface area (Å²) < 4.78 is 0.860. The summed E-state index contributed by atoms with van der Waals surface area (Å²) in [7, 11) is 1.70. The van der Waals surface area contributed by atoms with Gasteiger partial charge in [0.15, 0.2) is 0 Å². The number of hydrogen-bond donors (Lipinski definition) is 3. The van der Waals surface area contributed by atoms with Crippen LogP contribution in [0.1, 0.15) is 5.82 Å². The molecule has 0 atom stereocenters. The number of nitriles is 1. The van der Waals surface area contributed by atoms with Gasteiger partial charge in [-0.2, -0.15) is 5.26 Å². The molecule has 0 radical (unpaired) electrons. The van der Waals surface area contributed by atoms with Crippen LogP contribution < -0.4 is 16.0 Å². The van der Waals surface area contributed by atoms with Gasteiger partial charge in [0.25, 0.3) is 0 Å². The zero-order chi connectivity index (χ0) is 13.2. The lowest BCUT2D eigenvalue weighted by molar-refractivity contribution is 0.644. The van der Waals surface area contributed by atoms with Crippen molar-refractivity contribution in [2.75, 3.05) is 20.1 Å². The van der Waals surface area contributed by atoms with Crippen LogP contribution in [0.2, 0.25) is 0 Å². The molecule has 3 N–H and O–H groups in total. The number of rotatable bonds is 5. The van der Waals surface area contributed by atoms with E-state index < -0.39 is 0 Å². The van der Waals surface area contributed by atoms with E-state index in [0.29, 0.717) is 25.6 Å². The molecule has 0 fully saturated rings. The SMILES string of the molecule is CNC(=NC#N)NCCNCc1ncc(Br)cn1. The molecule has 0 aliphatic heterocycles. The van der Waals surface area contributed by atoms with Crippen molar-refractivity contribution in [3.05, 3.63) is 22.7 Å². The lowest BCUT2D eigenvalue weighted by Gasteiger charge is -2.08. The maximum absolute atomic E-state index is 8.39. The van der Waals surface area contributed by atoms with Gasteiger partial charge in [-0.3, -0.25) is 0 Å². The molecule has 1 aromatic rings. The van der Waals surface area contributed by atoms with Gasteiger partial charge in [0.1, 0.15) is 5.82 Å². The molecule has 1 aromatic heterocycles. The topological polar surface area (TPSA) is 98.0 Å². The zero-order valence-corrected chi connectivity index (χ0v) is 11.5. The Balaban J connectivity index is 2.17. The molecule has 0 aliphatic carbocycles. The molecule has 96 valence electrons. The maximum Gasteiger partial charge on any atom is 0.209 e. The van der Waals surface area contributed by atoms with E-state index in [1.54, 1.807) is 25.6 Å². The van der Waals surface area contributed by atoms with Crippen LogP contribution >= 0.6 is 15.9 Å². The Bertz CT molecular complexity index is 423. The number of halogens is 1. The monoisotopic (exact) mass is 311 g/mol. The Kier molecular flexibility index (Phi) is 6.68. The van der Waals surface area contributed by atoms with Crippen molar-refractivity contribution in [3.63, 3.8) is 0 Å². The fourth-order valence-corrected chi connectivity index (χ4v) is 1.34. The summed E-state index contributed by atoms with van der Waals surface area (Å²) in [6, 6.07) is 0. The van der Waals surface area contributed by atoms with Crippen molar-refractivity contribution in [2.24, 2.45) is 4.99 Å². The van der Waals surface area contributed by atoms with Crippen LogP contribution in [-0.4, -0.2) is 36.1 Å². The quantitative estimate of drug-likeness (QED) is 0.306. The lowest BCUT2D eigenvalue weighted by Crippen LogP contribution is -2.38. The van der Waals surface area contributed by atoms with Gasteiger partial charge in [-0.05, 0) is 15.9 Å². The third-order valence-electron chi connectivity index (χ3n) is 1.95. The van der Waals surface area contributed by atoms with Crippen LogP contribution in [0.25, 0.3) is 0 Å². The Morgan fingerprint density at radius 3 is 2.78 bits per heavy atom. The summed E-state index contributed by atoms with van der Waals surface area (Å²) in [5.74, 6) is 1.19. The van der Waals surface area contributed by atoms with Gasteiger partial charge in [-0.25, -0.2) is 9.97 Å². The fraction of sp³-hybridized carbons (Fsp3) is 0.400. The third-order valence-corrected chi connectivity index (χ3v) is 2.36. The number of guanidine groups is 1. The van der Waals surface area contributed by atoms with E-state index in [4.69, 9.17) is 5.26 Å². The van der Waals surface area contributed by atoms with Gasteiger partial charge in [-0.1, -0.05) is 0 Å². The van der Waals surface area contributed by atoms with Gasteiger partial charge in [0, 0.05) is 32.5 Å². The van der Waals surface area contributed by atoms with Crippen molar-refractivity contribution in [1.82, 2.24) is 25.9 Å². The molecule has 0 aliphatic rings. The van der Waals surface area contributed by atoms with Crippen molar-refractivity contribution in [1.29, 1.82) is 5.26 Å². The standard InChI is InChI=1S/C10H14BrN7/c1-13-10(18-7-12)15-3-2-14-6-9-16-4-8(11)5-17-9/h4-5,14H,2-3,6H2,1H3,(H2,13,15,18). The number of nitrogens with zero attached hydrogens (tertiary/aromatic N) is 4. The van der Waals surface area contributed by atoms with Gasteiger partial charge in [0.05, 0.1) is 11.0 Å². The average Bonchev–Trinajstić information content (AvgIpc) is 2.39. The van der Waals surface area contributed by atoms with E-state index in [2.05, 4.69) is 46.8 Å². The highest BCUT2D eigenvalue weighted by Gasteiger charge is 1.96. The molecule has 7 nitrogen and oxygen atoms in total. The van der Waals surface area contributed by atoms with E-state index in [1.807, 2.05) is 0 Å². The minimum atomic E-state index is 0.458. The van der Waals surface area contributed by atoms with Crippen LogP contribution in [0.15, 0.2) is 21.9 Å². The van der Waals surface area contributed by atoms with Crippen LogP contribution in [-0.2, 0) is 6.54 Å². The first kappa shape index (κ1) is 14.3. The molecule has 1 heterocycles. The van der Waals surface area contributed by atoms with Crippen molar-refractivity contribution < 1.29 is 0 Å². The summed E-state index contributed by atoms with van der Waals surface area (Å²) >= 11 is 3.28. The minimum Gasteiger partial charge on any atom is -0.359 e. The molecule has 0 saturated carbocycles. The first-order valence-corrected chi connectivity index (χ1v) is 6.11. The lowest BCUT2D eigenvalue weighted by atomic mass is 10.5. The first-order valence-electron chi connectivity index (χ1n) is 5.31. The first-order chi connectivity index (χ1) is 8.76. The van der Waals surface area contributed by atoms with Crippen molar-refractivity contribution in [3.8, 4) is 6.19 Å². The second kappa shape index (κ2) is 8.38. The molecule has 1 rings (SSSR count). The number of nitrogens with one attached hydrogen (secondary N) is 3. The normalized spacial score (nSPS) is 10.8. The van der Waals surface area contributed by atoms with E-state index >= 15 is 0 Å². The summed E-state index contributed by atoms with van der Waals surface area (Å²) in [4.78, 5) is 11.8. The molecule has 0 aromatic carbocycles. The van der Waals surface area contributed by atoms with E-state index in [1.165, 1.54) is 0 Å². The fourth-order valence-electron chi connectivity index (χ4n) is 1.13. The molecule has 0 bridgehead atoms. The predicted octanol–water partition coefficient (Wildman–Crippen LogP) is -0.0252. The summed E-state index contributed by atoms with van der Waals surface area (Å²) in [5, 5.41) is 17.3. The predicted molar refractivity (Wildman–Crippen MR) is 71.5 cm³/mol. The van der Waals surface area contributed by atoms with E-state index in [-0.39, 0.29) is 0 Å². The second-order valence-electron chi connectivity index (χ2n) is 3.23. The molecular weight excluding hydrogens is 298 g/mol. The third kappa shape index (κ3) is 5.56. The highest BCUT2D eigenvalue weighted by Crippen LogP contribution is 2.03. The van der Waals surface area contributed by atoms with Gasteiger partial charge >= 0.3 is 0 Å². The Labute approximate surface area is 114 Å². The second-order valence-corrected chi connectivity index (χ2v) is 4.15. The van der Waals surface area contributed by atoms with E-state index in [0.717, 1.165) is 10.3 Å². The smallest absolute Gasteiger partial charge is 0.209 e. The Morgan fingerprint density at radius 1 is 1.44 bits per heavy atom. The molecule has 18 heavy (non-hydrogen) atoms. The summed E-state index contributed by atoms with van der Waals surface area (Å²) in [5.41, 5.74) is 0. The summed E-state index contributed by atoms with van der Waals surface area (Å²) in [6.45, 7) is 1.96. The molecule has 8 heteroatoms. The van der Waals surface area contributed by atoms with Crippen molar-refractivity contribution in [2.45, 2.75) is 6.54 Å². The summed E-state index contributed by atoms with van der Waals surface area (Å²) in [6.07, 6.45) is 5.13. The Morgan fingerprint density at radius 2 is 2.17 bits per heavy atom. The van der Waals surface area contributed by atoms with Crippen molar-refractivity contribution >= 4 is 21.9 Å². The Hall–Kier alpha value is -1.72. The van der Waals surface area contributed by atoms with Crippen LogP contribution in [0.4, 0.5) is 0 Å². The van der Waals surface area contributed by atoms with Crippen LogP contribution in [0.3, 0.4) is 0 Å². The molecule has 0 saturated heterocycles. The molecule has 0 unspecified atom stereocenters. The van der Waals surface area contributed by atoms with Crippen LogP contribution in [0.5, 0.6) is 0 Å². The average molecular weight is 312 g/mol. The van der Waals surface area contributed by atoms with Gasteiger partial charge < -0.3 is 16.0 Å². The zero-order valence-electron chi connectivity index (χ0n) is 9.94. The molecule has 0 amide bonds. The largest absolute Gasteiger partial charge is 0.359 e. The molecule has 0 spiro atoms. The van der Waals surface area contributed by atoms with E-state index in [9.17, 15) is 0 Å². The number of aromatic nitrogens is 2. The van der Waals surface area contributed by atoms with Gasteiger partial charge in [0.2, 0.25) is 12.2 Å². The maximum atomic E-state index is 8.39. The van der Waals surface area contributed by atoms with Gasteiger partial charge in [-0.15, -0.1) is 4.99 Å². The van der Waals surface area contributed by atoms with Crippen LogP contribution in [0, 0.1) is 11.5 Å².